The standard InChI is InChI=1S/C58H113NO4/c1-3-5-7-9-11-13-15-17-19-21-23-25-27-28-29-30-31-33-35-37-39-41-43-45-47-49-51-53-57(62)59-55(54-60)58(63)56(61)52-50-48-46-44-42-40-38-36-34-32-26-24-22-20-18-16-14-12-10-8-6-4-2/h23,25,28-29,55-56,58,60-61,63H,3-22,24,26-27,30-54H2,1-2H3,(H,59,62)/b25-23-,29-28-. The first-order valence-electron chi connectivity index (χ1n) is 28.6. The van der Waals surface area contributed by atoms with Gasteiger partial charge in [-0.15, -0.1) is 0 Å². The van der Waals surface area contributed by atoms with Crippen LogP contribution in [0, 0.1) is 0 Å². The van der Waals surface area contributed by atoms with Crippen LogP contribution < -0.4 is 5.32 Å². The molecule has 0 saturated heterocycles. The largest absolute Gasteiger partial charge is 0.394 e. The first-order chi connectivity index (χ1) is 31.1. The summed E-state index contributed by atoms with van der Waals surface area (Å²) in [5, 5.41) is 33.8. The third-order valence-electron chi connectivity index (χ3n) is 13.6. The summed E-state index contributed by atoms with van der Waals surface area (Å²) in [6, 6.07) is -0.810. The molecule has 0 radical (unpaired) electrons. The lowest BCUT2D eigenvalue weighted by molar-refractivity contribution is -0.124. The number of unbranched alkanes of at least 4 members (excludes halogenated alkanes) is 41. The van der Waals surface area contributed by atoms with E-state index in [0.717, 1.165) is 44.9 Å². The van der Waals surface area contributed by atoms with Gasteiger partial charge in [0.1, 0.15) is 6.10 Å². The maximum absolute atomic E-state index is 12.5. The SMILES string of the molecule is CCCCCCCCCCC/C=C\C/C=C\CCCCCCCCCCCCCC(=O)NC(CO)C(O)C(O)CCCCCCCCCCCCCCCCCCCCCCCC. The first kappa shape index (κ1) is 61.8. The molecule has 0 rings (SSSR count). The van der Waals surface area contributed by atoms with Crippen molar-refractivity contribution in [1.29, 1.82) is 0 Å². The number of allylic oxidation sites excluding steroid dienone is 4. The Morgan fingerprint density at radius 1 is 0.397 bits per heavy atom. The van der Waals surface area contributed by atoms with Crippen LogP contribution in [0.2, 0.25) is 0 Å². The minimum Gasteiger partial charge on any atom is -0.394 e. The van der Waals surface area contributed by atoms with Crippen LogP contribution in [-0.2, 0) is 4.79 Å². The number of hydrogen-bond donors (Lipinski definition) is 4. The number of hydrogen-bond acceptors (Lipinski definition) is 4. The second-order valence-corrected chi connectivity index (χ2v) is 19.9. The van der Waals surface area contributed by atoms with E-state index in [1.54, 1.807) is 0 Å². The van der Waals surface area contributed by atoms with Crippen molar-refractivity contribution in [2.24, 2.45) is 0 Å². The molecule has 374 valence electrons. The van der Waals surface area contributed by atoms with Crippen LogP contribution in [0.1, 0.15) is 316 Å². The molecule has 0 bridgehead atoms. The Morgan fingerprint density at radius 2 is 0.683 bits per heavy atom. The smallest absolute Gasteiger partial charge is 0.220 e. The summed E-state index contributed by atoms with van der Waals surface area (Å²) in [4.78, 5) is 12.5. The molecule has 1 amide bonds. The Kier molecular flexibility index (Phi) is 52.5. The Hall–Kier alpha value is -1.17. The predicted molar refractivity (Wildman–Crippen MR) is 278 cm³/mol. The lowest BCUT2D eigenvalue weighted by Crippen LogP contribution is -2.50. The highest BCUT2D eigenvalue weighted by Crippen LogP contribution is 2.18. The highest BCUT2D eigenvalue weighted by atomic mass is 16.3. The maximum atomic E-state index is 12.5. The zero-order chi connectivity index (χ0) is 45.8. The third kappa shape index (κ3) is 48.6. The molecule has 5 heteroatoms. The predicted octanol–water partition coefficient (Wildman–Crippen LogP) is 17.7. The van der Waals surface area contributed by atoms with E-state index in [2.05, 4.69) is 43.5 Å². The molecule has 63 heavy (non-hydrogen) atoms. The van der Waals surface area contributed by atoms with E-state index >= 15 is 0 Å². The second kappa shape index (κ2) is 53.4. The fourth-order valence-electron chi connectivity index (χ4n) is 9.14. The second-order valence-electron chi connectivity index (χ2n) is 19.9. The molecule has 5 nitrogen and oxygen atoms in total. The molecule has 0 aromatic carbocycles. The molecular formula is C58H113NO4. The topological polar surface area (TPSA) is 89.8 Å². The van der Waals surface area contributed by atoms with Gasteiger partial charge in [-0.05, 0) is 44.9 Å². The molecule has 0 aromatic heterocycles. The number of carbonyl (C=O) groups is 1. The van der Waals surface area contributed by atoms with E-state index in [9.17, 15) is 20.1 Å². The number of nitrogens with one attached hydrogen (secondary N) is 1. The van der Waals surface area contributed by atoms with E-state index < -0.39 is 18.2 Å². The fourth-order valence-corrected chi connectivity index (χ4v) is 9.14. The van der Waals surface area contributed by atoms with Gasteiger partial charge in [0.25, 0.3) is 0 Å². The van der Waals surface area contributed by atoms with Crippen molar-refractivity contribution < 1.29 is 20.1 Å². The summed E-state index contributed by atoms with van der Waals surface area (Å²) in [6.45, 7) is 4.22. The number of amides is 1. The van der Waals surface area contributed by atoms with E-state index in [1.807, 2.05) is 0 Å². The van der Waals surface area contributed by atoms with Crippen molar-refractivity contribution in [1.82, 2.24) is 5.32 Å². The van der Waals surface area contributed by atoms with E-state index in [-0.39, 0.29) is 12.5 Å². The molecule has 0 heterocycles. The van der Waals surface area contributed by atoms with Gasteiger partial charge in [-0.1, -0.05) is 289 Å². The monoisotopic (exact) mass is 888 g/mol. The average molecular weight is 889 g/mol. The minimum atomic E-state index is -1.14. The molecular weight excluding hydrogens is 775 g/mol. The summed E-state index contributed by atoms with van der Waals surface area (Å²) in [5.74, 6) is -0.142. The molecule has 0 aliphatic carbocycles. The van der Waals surface area contributed by atoms with Gasteiger partial charge >= 0.3 is 0 Å². The Balaban J connectivity index is 3.54. The molecule has 0 saturated carbocycles. The molecule has 3 unspecified atom stereocenters. The van der Waals surface area contributed by atoms with Crippen LogP contribution in [0.25, 0.3) is 0 Å². The zero-order valence-corrected chi connectivity index (χ0v) is 42.7. The Bertz CT molecular complexity index is 936. The van der Waals surface area contributed by atoms with Crippen LogP contribution in [-0.4, -0.2) is 46.1 Å². The van der Waals surface area contributed by atoms with Crippen molar-refractivity contribution in [3.63, 3.8) is 0 Å². The lowest BCUT2D eigenvalue weighted by atomic mass is 9.99. The molecule has 0 fully saturated rings. The molecule has 0 aliphatic rings. The van der Waals surface area contributed by atoms with Gasteiger partial charge in [0.05, 0.1) is 18.8 Å². The summed E-state index contributed by atoms with van der Waals surface area (Å²) in [5.41, 5.74) is 0. The highest BCUT2D eigenvalue weighted by Gasteiger charge is 2.26. The third-order valence-corrected chi connectivity index (χ3v) is 13.6. The van der Waals surface area contributed by atoms with Crippen molar-refractivity contribution in [3.8, 4) is 0 Å². The van der Waals surface area contributed by atoms with Gasteiger partial charge in [-0.2, -0.15) is 0 Å². The summed E-state index contributed by atoms with van der Waals surface area (Å²) < 4.78 is 0. The lowest BCUT2D eigenvalue weighted by Gasteiger charge is -2.26. The molecule has 4 N–H and O–H groups in total. The molecule has 0 aliphatic heterocycles. The van der Waals surface area contributed by atoms with Crippen molar-refractivity contribution in [2.75, 3.05) is 6.61 Å². The van der Waals surface area contributed by atoms with Gasteiger partial charge in [0, 0.05) is 6.42 Å². The van der Waals surface area contributed by atoms with E-state index in [0.29, 0.717) is 12.8 Å². The maximum Gasteiger partial charge on any atom is 0.220 e. The number of aliphatic hydroxyl groups is 3. The number of rotatable bonds is 53. The number of carbonyl (C=O) groups excluding carboxylic acids is 1. The van der Waals surface area contributed by atoms with E-state index in [4.69, 9.17) is 0 Å². The van der Waals surface area contributed by atoms with Gasteiger partial charge in [-0.25, -0.2) is 0 Å². The van der Waals surface area contributed by atoms with Crippen LogP contribution in [0.4, 0.5) is 0 Å². The van der Waals surface area contributed by atoms with Crippen molar-refractivity contribution in [2.45, 2.75) is 334 Å². The highest BCUT2D eigenvalue weighted by molar-refractivity contribution is 5.76. The van der Waals surface area contributed by atoms with Crippen LogP contribution >= 0.6 is 0 Å². The summed E-state index contributed by atoms with van der Waals surface area (Å²) in [7, 11) is 0. The molecule has 3 atom stereocenters. The average Bonchev–Trinajstić information content (AvgIpc) is 3.29. The number of aliphatic hydroxyl groups excluding tert-OH is 3. The van der Waals surface area contributed by atoms with Gasteiger partial charge in [-0.3, -0.25) is 4.79 Å². The van der Waals surface area contributed by atoms with Gasteiger partial charge < -0.3 is 20.6 Å². The minimum absolute atomic E-state index is 0.142. The summed E-state index contributed by atoms with van der Waals surface area (Å²) in [6.07, 6.45) is 67.6. The van der Waals surface area contributed by atoms with Gasteiger partial charge in [0.15, 0.2) is 0 Å². The zero-order valence-electron chi connectivity index (χ0n) is 42.7. The van der Waals surface area contributed by atoms with Crippen LogP contribution in [0.5, 0.6) is 0 Å². The quantitative estimate of drug-likeness (QED) is 0.0362. The van der Waals surface area contributed by atoms with E-state index in [1.165, 1.54) is 244 Å². The van der Waals surface area contributed by atoms with Gasteiger partial charge in [0.2, 0.25) is 5.91 Å². The van der Waals surface area contributed by atoms with Crippen molar-refractivity contribution in [3.05, 3.63) is 24.3 Å². The van der Waals surface area contributed by atoms with Crippen LogP contribution in [0.3, 0.4) is 0 Å². The molecule has 0 spiro atoms. The first-order valence-corrected chi connectivity index (χ1v) is 28.6. The Morgan fingerprint density at radius 3 is 1.00 bits per heavy atom. The Labute approximate surface area is 394 Å². The fraction of sp³-hybridized carbons (Fsp3) is 0.914. The van der Waals surface area contributed by atoms with Crippen molar-refractivity contribution >= 4 is 5.91 Å². The van der Waals surface area contributed by atoms with Crippen LogP contribution in [0.15, 0.2) is 24.3 Å². The molecule has 0 aromatic rings. The summed E-state index contributed by atoms with van der Waals surface area (Å²) >= 11 is 0. The normalized spacial score (nSPS) is 13.4.